The van der Waals surface area contributed by atoms with E-state index in [1.807, 2.05) is 6.92 Å². The van der Waals surface area contributed by atoms with Gasteiger partial charge >= 0.3 is 0 Å². The lowest BCUT2D eigenvalue weighted by Crippen LogP contribution is -2.36. The molecule has 0 N–H and O–H groups in total. The first-order chi connectivity index (χ1) is 8.74. The van der Waals surface area contributed by atoms with Crippen molar-refractivity contribution in [1.82, 2.24) is 9.88 Å². The van der Waals surface area contributed by atoms with Gasteiger partial charge in [0, 0.05) is 29.5 Å². The van der Waals surface area contributed by atoms with Crippen molar-refractivity contribution in [3.63, 3.8) is 0 Å². The molecule has 3 nitrogen and oxygen atoms in total. The van der Waals surface area contributed by atoms with Crippen LogP contribution in [0.5, 0.6) is 0 Å². The van der Waals surface area contributed by atoms with E-state index < -0.39 is 0 Å². The van der Waals surface area contributed by atoms with Crippen LogP contribution in [-0.4, -0.2) is 28.3 Å². The van der Waals surface area contributed by atoms with Crippen LogP contribution in [0.3, 0.4) is 0 Å². The standard InChI is InChI=1S/C14H20N2OS/c1-10-9-18-14(15-10)8-16-7-3-5-12(16)11-4-2-6-13(11)17/h9,11-12H,2-8H2,1H3. The third-order valence-corrected chi connectivity index (χ3v) is 5.19. The van der Waals surface area contributed by atoms with Crippen molar-refractivity contribution in [2.24, 2.45) is 5.92 Å². The van der Waals surface area contributed by atoms with Gasteiger partial charge in [0.25, 0.3) is 0 Å². The summed E-state index contributed by atoms with van der Waals surface area (Å²) >= 11 is 1.74. The number of likely N-dealkylation sites (tertiary alicyclic amines) is 1. The molecule has 2 unspecified atom stereocenters. The first-order valence-electron chi connectivity index (χ1n) is 6.92. The van der Waals surface area contributed by atoms with Crippen molar-refractivity contribution < 1.29 is 4.79 Å². The molecule has 0 aromatic carbocycles. The Balaban J connectivity index is 1.69. The quantitative estimate of drug-likeness (QED) is 0.841. The van der Waals surface area contributed by atoms with Gasteiger partial charge < -0.3 is 0 Å². The number of carbonyl (C=O) groups excluding carboxylic acids is 1. The van der Waals surface area contributed by atoms with Gasteiger partial charge in [0.15, 0.2) is 0 Å². The smallest absolute Gasteiger partial charge is 0.137 e. The van der Waals surface area contributed by atoms with Gasteiger partial charge in [-0.2, -0.15) is 0 Å². The summed E-state index contributed by atoms with van der Waals surface area (Å²) in [5.74, 6) is 0.816. The van der Waals surface area contributed by atoms with Gasteiger partial charge in [0.05, 0.1) is 6.54 Å². The summed E-state index contributed by atoms with van der Waals surface area (Å²) in [7, 11) is 0. The molecule has 2 atom stereocenters. The fourth-order valence-electron chi connectivity index (χ4n) is 3.40. The molecule has 1 saturated carbocycles. The van der Waals surface area contributed by atoms with Crippen molar-refractivity contribution in [2.45, 2.75) is 51.6 Å². The van der Waals surface area contributed by atoms with E-state index in [1.165, 1.54) is 17.8 Å². The summed E-state index contributed by atoms with van der Waals surface area (Å²) in [6, 6.07) is 0.490. The number of hydrogen-bond acceptors (Lipinski definition) is 4. The molecule has 0 bridgehead atoms. The molecule has 98 valence electrons. The van der Waals surface area contributed by atoms with E-state index in [1.54, 1.807) is 11.3 Å². The number of Topliss-reactive ketones (excluding diaryl/α,β-unsaturated/α-hetero) is 1. The number of carbonyl (C=O) groups is 1. The van der Waals surface area contributed by atoms with Gasteiger partial charge in [0.1, 0.15) is 10.8 Å². The lowest BCUT2D eigenvalue weighted by atomic mass is 9.95. The first kappa shape index (κ1) is 12.3. The Bertz CT molecular complexity index is 443. The molecule has 0 amide bonds. The minimum atomic E-state index is 0.313. The van der Waals surface area contributed by atoms with Gasteiger partial charge in [-0.25, -0.2) is 4.98 Å². The molecule has 1 aromatic rings. The molecule has 2 aliphatic rings. The van der Waals surface area contributed by atoms with E-state index >= 15 is 0 Å². The maximum Gasteiger partial charge on any atom is 0.137 e. The molecule has 1 saturated heterocycles. The second-order valence-electron chi connectivity index (χ2n) is 5.53. The molecule has 0 spiro atoms. The van der Waals surface area contributed by atoms with E-state index in [4.69, 9.17) is 0 Å². The summed E-state index contributed by atoms with van der Waals surface area (Å²) in [5.41, 5.74) is 1.11. The minimum absolute atomic E-state index is 0.313. The number of nitrogens with zero attached hydrogens (tertiary/aromatic N) is 2. The zero-order valence-electron chi connectivity index (χ0n) is 10.9. The molecule has 0 radical (unpaired) electrons. The van der Waals surface area contributed by atoms with Crippen LogP contribution in [0.4, 0.5) is 0 Å². The summed E-state index contributed by atoms with van der Waals surface area (Å²) < 4.78 is 0. The molecule has 2 fully saturated rings. The van der Waals surface area contributed by atoms with Gasteiger partial charge in [-0.15, -0.1) is 11.3 Å². The van der Waals surface area contributed by atoms with Crippen molar-refractivity contribution in [3.8, 4) is 0 Å². The molecule has 1 aliphatic carbocycles. The van der Waals surface area contributed by atoms with Crippen LogP contribution in [0, 0.1) is 12.8 Å². The summed E-state index contributed by atoms with van der Waals surface area (Å²) in [6.07, 6.45) is 5.45. The van der Waals surface area contributed by atoms with Crippen LogP contribution in [0.25, 0.3) is 0 Å². The Hall–Kier alpha value is -0.740. The number of hydrogen-bond donors (Lipinski definition) is 0. The lowest BCUT2D eigenvalue weighted by molar-refractivity contribution is -0.122. The molecule has 3 rings (SSSR count). The van der Waals surface area contributed by atoms with Crippen LogP contribution in [0.2, 0.25) is 0 Å². The van der Waals surface area contributed by atoms with Crippen molar-refractivity contribution in [1.29, 1.82) is 0 Å². The van der Waals surface area contributed by atoms with Gasteiger partial charge in [-0.05, 0) is 39.2 Å². The summed E-state index contributed by atoms with van der Waals surface area (Å²) in [4.78, 5) is 19.0. The number of ketones is 1. The second-order valence-corrected chi connectivity index (χ2v) is 6.47. The van der Waals surface area contributed by atoms with Crippen molar-refractivity contribution >= 4 is 17.1 Å². The Morgan fingerprint density at radius 2 is 2.33 bits per heavy atom. The fraction of sp³-hybridized carbons (Fsp3) is 0.714. The first-order valence-corrected chi connectivity index (χ1v) is 7.80. The van der Waals surface area contributed by atoms with Gasteiger partial charge in [-0.1, -0.05) is 0 Å². The third kappa shape index (κ3) is 2.36. The minimum Gasteiger partial charge on any atom is -0.299 e. The van der Waals surface area contributed by atoms with Crippen LogP contribution in [0.15, 0.2) is 5.38 Å². The summed E-state index contributed by atoms with van der Waals surface area (Å²) in [6.45, 7) is 4.11. The third-order valence-electron chi connectivity index (χ3n) is 4.24. The highest BCUT2D eigenvalue weighted by Crippen LogP contribution is 2.34. The number of aromatic nitrogens is 1. The van der Waals surface area contributed by atoms with Crippen LogP contribution < -0.4 is 0 Å². The van der Waals surface area contributed by atoms with E-state index in [9.17, 15) is 4.79 Å². The molecule has 18 heavy (non-hydrogen) atoms. The van der Waals surface area contributed by atoms with E-state index in [0.29, 0.717) is 17.7 Å². The second kappa shape index (κ2) is 5.10. The predicted molar refractivity (Wildman–Crippen MR) is 72.6 cm³/mol. The van der Waals surface area contributed by atoms with E-state index in [0.717, 1.165) is 38.0 Å². The molecular formula is C14H20N2OS. The van der Waals surface area contributed by atoms with Crippen molar-refractivity contribution in [2.75, 3.05) is 6.54 Å². The monoisotopic (exact) mass is 264 g/mol. The van der Waals surface area contributed by atoms with Crippen LogP contribution >= 0.6 is 11.3 Å². The average Bonchev–Trinajstić information content (AvgIpc) is 3.02. The molecular weight excluding hydrogens is 244 g/mol. The largest absolute Gasteiger partial charge is 0.299 e. The Labute approximate surface area is 112 Å². The lowest BCUT2D eigenvalue weighted by Gasteiger charge is -2.27. The maximum absolute atomic E-state index is 11.9. The van der Waals surface area contributed by atoms with Gasteiger partial charge in [0.2, 0.25) is 0 Å². The Morgan fingerprint density at radius 1 is 1.44 bits per heavy atom. The fourth-order valence-corrected chi connectivity index (χ4v) is 4.20. The zero-order chi connectivity index (χ0) is 12.5. The van der Waals surface area contributed by atoms with E-state index in [-0.39, 0.29) is 0 Å². The molecule has 1 aromatic heterocycles. The highest BCUT2D eigenvalue weighted by molar-refractivity contribution is 7.09. The molecule has 4 heteroatoms. The number of rotatable bonds is 3. The molecule has 1 aliphatic heterocycles. The predicted octanol–water partition coefficient (Wildman–Crippen LogP) is 2.79. The highest BCUT2D eigenvalue weighted by Gasteiger charge is 2.38. The van der Waals surface area contributed by atoms with Crippen molar-refractivity contribution in [3.05, 3.63) is 16.1 Å². The Kier molecular flexibility index (Phi) is 3.48. The average molecular weight is 264 g/mol. The zero-order valence-corrected chi connectivity index (χ0v) is 11.7. The van der Waals surface area contributed by atoms with Crippen LogP contribution in [0.1, 0.15) is 42.8 Å². The number of thiazole rings is 1. The Morgan fingerprint density at radius 3 is 3.00 bits per heavy atom. The number of aryl methyl sites for hydroxylation is 1. The maximum atomic E-state index is 11.9. The van der Waals surface area contributed by atoms with Gasteiger partial charge in [-0.3, -0.25) is 9.69 Å². The SMILES string of the molecule is Cc1csc(CN2CCCC2C2CCCC2=O)n1. The van der Waals surface area contributed by atoms with Crippen LogP contribution in [-0.2, 0) is 11.3 Å². The van der Waals surface area contributed by atoms with E-state index in [2.05, 4.69) is 15.3 Å². The topological polar surface area (TPSA) is 33.2 Å². The summed E-state index contributed by atoms with van der Waals surface area (Å²) in [5, 5.41) is 3.31. The highest BCUT2D eigenvalue weighted by atomic mass is 32.1. The molecule has 2 heterocycles. The normalized spacial score (nSPS) is 29.3.